The van der Waals surface area contributed by atoms with E-state index in [4.69, 9.17) is 39.2 Å². The molecule has 1 unspecified atom stereocenters. The standard InChI is InChI=1S/C8H15Cl3OSi/c1-13(6-3-2-5-12-13)7-4-8(9,10)11/h2-7H2,1H3. The Bertz CT molecular complexity index is 163. The van der Waals surface area contributed by atoms with E-state index < -0.39 is 12.1 Å². The Morgan fingerprint density at radius 1 is 1.31 bits per heavy atom. The van der Waals surface area contributed by atoms with Gasteiger partial charge in [-0.05, 0) is 31.5 Å². The van der Waals surface area contributed by atoms with E-state index in [1.54, 1.807) is 0 Å². The van der Waals surface area contributed by atoms with Crippen molar-refractivity contribution in [3.05, 3.63) is 0 Å². The van der Waals surface area contributed by atoms with Crippen LogP contribution in [-0.4, -0.2) is 18.7 Å². The summed E-state index contributed by atoms with van der Waals surface area (Å²) < 4.78 is 4.72. The molecule has 0 spiro atoms. The highest BCUT2D eigenvalue weighted by Crippen LogP contribution is 2.36. The van der Waals surface area contributed by atoms with Gasteiger partial charge in [0.05, 0.1) is 0 Å². The van der Waals surface area contributed by atoms with Crippen LogP contribution in [0, 0.1) is 0 Å². The average molecular weight is 262 g/mol. The molecule has 0 bridgehead atoms. The van der Waals surface area contributed by atoms with E-state index in [1.807, 2.05) is 0 Å². The van der Waals surface area contributed by atoms with E-state index in [2.05, 4.69) is 6.55 Å². The molecule has 0 aromatic carbocycles. The van der Waals surface area contributed by atoms with Crippen LogP contribution in [0.15, 0.2) is 0 Å². The van der Waals surface area contributed by atoms with Crippen LogP contribution in [0.25, 0.3) is 0 Å². The van der Waals surface area contributed by atoms with Gasteiger partial charge in [0, 0.05) is 6.61 Å². The maximum Gasteiger partial charge on any atom is 0.190 e. The first kappa shape index (κ1) is 12.1. The van der Waals surface area contributed by atoms with Gasteiger partial charge in [0.25, 0.3) is 0 Å². The minimum absolute atomic E-state index is 0.625. The molecule has 1 rings (SSSR count). The zero-order valence-electron chi connectivity index (χ0n) is 7.78. The predicted octanol–water partition coefficient (Wildman–Crippen LogP) is 4.13. The fourth-order valence-electron chi connectivity index (χ4n) is 1.60. The molecule has 0 radical (unpaired) electrons. The average Bonchev–Trinajstić information content (AvgIpc) is 2.02. The van der Waals surface area contributed by atoms with Crippen LogP contribution in [0.3, 0.4) is 0 Å². The van der Waals surface area contributed by atoms with Crippen molar-refractivity contribution in [3.63, 3.8) is 0 Å². The molecule has 1 nitrogen and oxygen atoms in total. The molecule has 78 valence electrons. The van der Waals surface area contributed by atoms with Crippen LogP contribution in [0.4, 0.5) is 0 Å². The van der Waals surface area contributed by atoms with E-state index in [9.17, 15) is 0 Å². The van der Waals surface area contributed by atoms with Crippen LogP contribution in [0.1, 0.15) is 19.3 Å². The Morgan fingerprint density at radius 3 is 2.46 bits per heavy atom. The number of alkyl halides is 3. The summed E-state index contributed by atoms with van der Waals surface area (Å²) in [5.74, 6) is 0. The Kier molecular flexibility index (Phi) is 4.39. The van der Waals surface area contributed by atoms with Gasteiger partial charge in [0.2, 0.25) is 0 Å². The second-order valence-electron chi connectivity index (χ2n) is 3.87. The van der Waals surface area contributed by atoms with Crippen molar-refractivity contribution < 1.29 is 4.43 Å². The molecule has 1 saturated heterocycles. The number of halogens is 3. The predicted molar refractivity (Wildman–Crippen MR) is 61.3 cm³/mol. The van der Waals surface area contributed by atoms with E-state index in [-0.39, 0.29) is 0 Å². The molecule has 1 aliphatic heterocycles. The Labute approximate surface area is 95.8 Å². The lowest BCUT2D eigenvalue weighted by Gasteiger charge is -2.32. The highest BCUT2D eigenvalue weighted by molar-refractivity contribution is 6.73. The molecule has 1 aliphatic rings. The van der Waals surface area contributed by atoms with Crippen LogP contribution in [-0.2, 0) is 4.43 Å². The van der Waals surface area contributed by atoms with Gasteiger partial charge in [0.1, 0.15) is 0 Å². The van der Waals surface area contributed by atoms with Crippen molar-refractivity contribution in [3.8, 4) is 0 Å². The fourth-order valence-corrected chi connectivity index (χ4v) is 5.43. The fraction of sp³-hybridized carbons (Fsp3) is 1.00. The van der Waals surface area contributed by atoms with Crippen LogP contribution in [0.2, 0.25) is 18.6 Å². The molecule has 1 heterocycles. The lowest BCUT2D eigenvalue weighted by molar-refractivity contribution is 0.269. The molecule has 1 atom stereocenters. The van der Waals surface area contributed by atoms with Crippen LogP contribution >= 0.6 is 34.8 Å². The molecule has 0 amide bonds. The second kappa shape index (κ2) is 4.71. The third-order valence-electron chi connectivity index (χ3n) is 2.49. The summed E-state index contributed by atoms with van der Waals surface area (Å²) in [6.45, 7) is 3.14. The molecule has 0 N–H and O–H groups in total. The Hall–Kier alpha value is 1.05. The third-order valence-corrected chi connectivity index (χ3v) is 6.67. The maximum atomic E-state index is 5.82. The van der Waals surface area contributed by atoms with E-state index >= 15 is 0 Å². The van der Waals surface area contributed by atoms with Crippen molar-refractivity contribution in [2.24, 2.45) is 0 Å². The molecule has 0 saturated carbocycles. The van der Waals surface area contributed by atoms with Gasteiger partial charge in [-0.15, -0.1) is 0 Å². The first-order chi connectivity index (χ1) is 5.91. The topological polar surface area (TPSA) is 9.23 Å². The molecular weight excluding hydrogens is 247 g/mol. The van der Waals surface area contributed by atoms with Crippen molar-refractivity contribution in [1.29, 1.82) is 0 Å². The minimum atomic E-state index is -1.50. The molecule has 5 heteroatoms. The highest BCUT2D eigenvalue weighted by Gasteiger charge is 2.34. The zero-order valence-corrected chi connectivity index (χ0v) is 11.1. The van der Waals surface area contributed by atoms with Crippen molar-refractivity contribution >= 4 is 43.1 Å². The zero-order chi connectivity index (χ0) is 9.95. The molecule has 0 aromatic rings. The summed E-state index contributed by atoms with van der Waals surface area (Å²) >= 11 is 17.1. The van der Waals surface area contributed by atoms with Gasteiger partial charge >= 0.3 is 0 Å². The second-order valence-corrected chi connectivity index (χ2v) is 10.6. The van der Waals surface area contributed by atoms with Crippen molar-refractivity contribution in [2.45, 2.75) is 41.7 Å². The maximum absolute atomic E-state index is 5.82. The number of hydrogen-bond donors (Lipinski definition) is 0. The van der Waals surface area contributed by atoms with Gasteiger partial charge in [-0.25, -0.2) is 0 Å². The minimum Gasteiger partial charge on any atom is -0.417 e. The lowest BCUT2D eigenvalue weighted by atomic mass is 10.4. The molecule has 1 fully saturated rings. The normalized spacial score (nSPS) is 30.5. The molecule has 0 aromatic heterocycles. The smallest absolute Gasteiger partial charge is 0.190 e. The SMILES string of the molecule is C[Si]1(CCC(Cl)(Cl)Cl)CCCCO1. The summed E-state index contributed by atoms with van der Waals surface area (Å²) in [5.41, 5.74) is 0. The lowest BCUT2D eigenvalue weighted by Crippen LogP contribution is -2.38. The van der Waals surface area contributed by atoms with Gasteiger partial charge in [-0.3, -0.25) is 0 Å². The van der Waals surface area contributed by atoms with Crippen LogP contribution in [0.5, 0.6) is 0 Å². The summed E-state index contributed by atoms with van der Waals surface area (Å²) in [4.78, 5) is 0. The van der Waals surface area contributed by atoms with Gasteiger partial charge in [-0.1, -0.05) is 41.2 Å². The van der Waals surface area contributed by atoms with E-state index in [1.165, 1.54) is 18.9 Å². The number of hydrogen-bond acceptors (Lipinski definition) is 1. The van der Waals surface area contributed by atoms with Gasteiger partial charge in [0.15, 0.2) is 12.1 Å². The quantitative estimate of drug-likeness (QED) is 0.536. The first-order valence-electron chi connectivity index (χ1n) is 4.62. The largest absolute Gasteiger partial charge is 0.417 e. The van der Waals surface area contributed by atoms with Gasteiger partial charge in [-0.2, -0.15) is 0 Å². The Balaban J connectivity index is 2.33. The van der Waals surface area contributed by atoms with Gasteiger partial charge < -0.3 is 4.43 Å². The molecule has 13 heavy (non-hydrogen) atoms. The summed E-state index contributed by atoms with van der Waals surface area (Å²) in [5, 5.41) is 0. The summed E-state index contributed by atoms with van der Waals surface area (Å²) in [7, 11) is -1.50. The molecular formula is C8H15Cl3OSi. The Morgan fingerprint density at radius 2 is 2.00 bits per heavy atom. The van der Waals surface area contributed by atoms with Crippen LogP contribution < -0.4 is 0 Å². The first-order valence-corrected chi connectivity index (χ1v) is 8.58. The number of rotatable bonds is 2. The van der Waals surface area contributed by atoms with Crippen molar-refractivity contribution in [1.82, 2.24) is 0 Å². The third kappa shape index (κ3) is 4.89. The highest BCUT2D eigenvalue weighted by atomic mass is 35.6. The van der Waals surface area contributed by atoms with E-state index in [0.29, 0.717) is 6.42 Å². The van der Waals surface area contributed by atoms with Crippen molar-refractivity contribution in [2.75, 3.05) is 6.61 Å². The molecule has 0 aliphatic carbocycles. The monoisotopic (exact) mass is 260 g/mol. The summed E-state index contributed by atoms with van der Waals surface area (Å²) in [6.07, 6.45) is 3.10. The summed E-state index contributed by atoms with van der Waals surface area (Å²) in [6, 6.07) is 2.18. The van der Waals surface area contributed by atoms with E-state index in [0.717, 1.165) is 12.7 Å².